The van der Waals surface area contributed by atoms with Crippen molar-refractivity contribution in [3.05, 3.63) is 12.2 Å². The average Bonchev–Trinajstić information content (AvgIpc) is 2.45. The molecule has 0 spiro atoms. The number of carbonyl (C=O) groups is 3. The molecule has 0 N–H and O–H groups in total. The molecule has 0 aromatic heterocycles. The third kappa shape index (κ3) is 3.59. The van der Waals surface area contributed by atoms with Gasteiger partial charge in [-0.2, -0.15) is 0 Å². The van der Waals surface area contributed by atoms with Crippen molar-refractivity contribution >= 4 is 17.9 Å². The molecule has 1 aliphatic carbocycles. The summed E-state index contributed by atoms with van der Waals surface area (Å²) in [5, 5.41) is 0. The van der Waals surface area contributed by atoms with E-state index in [2.05, 4.69) is 4.74 Å². The van der Waals surface area contributed by atoms with Crippen molar-refractivity contribution in [1.29, 1.82) is 0 Å². The zero-order valence-corrected chi connectivity index (χ0v) is 12.0. The van der Waals surface area contributed by atoms with Crippen molar-refractivity contribution < 1.29 is 28.6 Å². The molecule has 6 nitrogen and oxygen atoms in total. The minimum absolute atomic E-state index is 0.0450. The van der Waals surface area contributed by atoms with E-state index in [1.54, 1.807) is 6.08 Å². The Morgan fingerprint density at radius 1 is 1.25 bits per heavy atom. The van der Waals surface area contributed by atoms with Crippen LogP contribution in [0.2, 0.25) is 0 Å². The summed E-state index contributed by atoms with van der Waals surface area (Å²) in [5.41, 5.74) is -1.02. The van der Waals surface area contributed by atoms with Crippen molar-refractivity contribution in [2.75, 3.05) is 20.8 Å². The lowest BCUT2D eigenvalue weighted by Gasteiger charge is -2.37. The highest BCUT2D eigenvalue weighted by Crippen LogP contribution is 2.41. The van der Waals surface area contributed by atoms with Crippen molar-refractivity contribution in [3.8, 4) is 0 Å². The summed E-state index contributed by atoms with van der Waals surface area (Å²) in [6.45, 7) is 1.18. The number of allylic oxidation sites excluding steroid dienone is 2. The molecule has 112 valence electrons. The third-order valence-electron chi connectivity index (χ3n) is 3.57. The van der Waals surface area contributed by atoms with Crippen LogP contribution >= 0.6 is 0 Å². The molecule has 1 rings (SSSR count). The number of esters is 3. The maximum Gasteiger partial charge on any atom is 0.315 e. The normalized spacial score (nSPS) is 24.9. The Bertz CT molecular complexity index is 414. The van der Waals surface area contributed by atoms with E-state index in [0.29, 0.717) is 12.8 Å². The van der Waals surface area contributed by atoms with Crippen LogP contribution in [0.25, 0.3) is 0 Å². The van der Waals surface area contributed by atoms with Gasteiger partial charge < -0.3 is 14.2 Å². The fourth-order valence-electron chi connectivity index (χ4n) is 2.42. The van der Waals surface area contributed by atoms with E-state index in [1.807, 2.05) is 6.08 Å². The van der Waals surface area contributed by atoms with Crippen LogP contribution in [-0.2, 0) is 28.6 Å². The third-order valence-corrected chi connectivity index (χ3v) is 3.57. The van der Waals surface area contributed by atoms with Crippen molar-refractivity contribution in [1.82, 2.24) is 0 Å². The molecular formula is C14H20O6. The van der Waals surface area contributed by atoms with Crippen LogP contribution < -0.4 is 0 Å². The van der Waals surface area contributed by atoms with Crippen LogP contribution in [0.5, 0.6) is 0 Å². The molecular weight excluding hydrogens is 264 g/mol. The van der Waals surface area contributed by atoms with Gasteiger partial charge in [-0.1, -0.05) is 12.2 Å². The zero-order chi connectivity index (χ0) is 15.2. The van der Waals surface area contributed by atoms with Crippen LogP contribution in [0.15, 0.2) is 12.2 Å². The lowest BCUT2D eigenvalue weighted by molar-refractivity contribution is -0.166. The predicted molar refractivity (Wildman–Crippen MR) is 69.6 cm³/mol. The lowest BCUT2D eigenvalue weighted by Crippen LogP contribution is -2.45. The molecule has 0 aromatic carbocycles. The van der Waals surface area contributed by atoms with Gasteiger partial charge in [0.2, 0.25) is 0 Å². The first kappa shape index (κ1) is 16.2. The number of methoxy groups -OCH3 is 2. The van der Waals surface area contributed by atoms with Gasteiger partial charge in [-0.15, -0.1) is 0 Å². The van der Waals surface area contributed by atoms with E-state index in [4.69, 9.17) is 9.47 Å². The van der Waals surface area contributed by atoms with Crippen molar-refractivity contribution in [2.45, 2.75) is 26.2 Å². The maximum atomic E-state index is 12.2. The molecule has 0 saturated carbocycles. The largest absolute Gasteiger partial charge is 0.469 e. The van der Waals surface area contributed by atoms with E-state index in [1.165, 1.54) is 21.1 Å². The number of carbonyl (C=O) groups excluding carboxylic acids is 3. The minimum atomic E-state index is -1.02. The maximum absolute atomic E-state index is 12.2. The molecule has 0 saturated heterocycles. The van der Waals surface area contributed by atoms with Crippen LogP contribution in [0.3, 0.4) is 0 Å². The first-order valence-corrected chi connectivity index (χ1v) is 6.41. The van der Waals surface area contributed by atoms with Crippen LogP contribution in [0.1, 0.15) is 26.2 Å². The van der Waals surface area contributed by atoms with Crippen LogP contribution in [-0.4, -0.2) is 38.7 Å². The second-order valence-corrected chi connectivity index (χ2v) is 4.78. The molecule has 0 aliphatic heterocycles. The van der Waals surface area contributed by atoms with Gasteiger partial charge in [-0.25, -0.2) is 0 Å². The van der Waals surface area contributed by atoms with Crippen molar-refractivity contribution in [2.24, 2.45) is 11.3 Å². The van der Waals surface area contributed by atoms with Gasteiger partial charge in [-0.05, 0) is 12.8 Å². The summed E-state index contributed by atoms with van der Waals surface area (Å²) in [6.07, 6.45) is 4.87. The van der Waals surface area contributed by atoms with Gasteiger partial charge in [0.05, 0.1) is 20.6 Å². The van der Waals surface area contributed by atoms with Gasteiger partial charge in [-0.3, -0.25) is 14.4 Å². The molecule has 1 aliphatic rings. The summed E-state index contributed by atoms with van der Waals surface area (Å²) >= 11 is 0. The van der Waals surface area contributed by atoms with Crippen LogP contribution in [0.4, 0.5) is 0 Å². The van der Waals surface area contributed by atoms with Crippen molar-refractivity contribution in [3.63, 3.8) is 0 Å². The highest BCUT2D eigenvalue weighted by molar-refractivity contribution is 5.80. The molecule has 6 heteroatoms. The summed E-state index contributed by atoms with van der Waals surface area (Å²) < 4.78 is 14.5. The standard InChI is InChI=1S/C14H20O6/c1-10(15)20-9-14(13(17)19-3)7-5-4-6-11(14)8-12(16)18-2/h4,6,11H,5,7-9H2,1-3H3/t11-,14+/m1/s1. The van der Waals surface area contributed by atoms with E-state index in [0.717, 1.165) is 0 Å². The summed E-state index contributed by atoms with van der Waals surface area (Å²) in [7, 11) is 2.58. The van der Waals surface area contributed by atoms with E-state index < -0.39 is 29.2 Å². The Morgan fingerprint density at radius 3 is 2.50 bits per heavy atom. The summed E-state index contributed by atoms with van der Waals surface area (Å²) in [6, 6.07) is 0. The molecule has 0 heterocycles. The second kappa shape index (κ2) is 7.07. The van der Waals surface area contributed by atoms with Gasteiger partial charge >= 0.3 is 17.9 Å². The lowest BCUT2D eigenvalue weighted by atomic mass is 9.68. The molecule has 0 bridgehead atoms. The van der Waals surface area contributed by atoms with Crippen LogP contribution in [0, 0.1) is 11.3 Å². The Labute approximate surface area is 118 Å². The van der Waals surface area contributed by atoms with Gasteiger partial charge in [0.1, 0.15) is 12.0 Å². The molecule has 0 unspecified atom stereocenters. The highest BCUT2D eigenvalue weighted by atomic mass is 16.5. The van der Waals surface area contributed by atoms with E-state index in [9.17, 15) is 14.4 Å². The Balaban J connectivity index is 3.02. The molecule has 0 fully saturated rings. The second-order valence-electron chi connectivity index (χ2n) is 4.78. The van der Waals surface area contributed by atoms with Gasteiger partial charge in [0.25, 0.3) is 0 Å². The van der Waals surface area contributed by atoms with E-state index in [-0.39, 0.29) is 13.0 Å². The van der Waals surface area contributed by atoms with Gasteiger partial charge in [0.15, 0.2) is 0 Å². The highest BCUT2D eigenvalue weighted by Gasteiger charge is 2.48. The number of ether oxygens (including phenoxy) is 3. The predicted octanol–water partition coefficient (Wildman–Crippen LogP) is 1.24. The Hall–Kier alpha value is -1.85. The molecule has 20 heavy (non-hydrogen) atoms. The summed E-state index contributed by atoms with van der Waals surface area (Å²) in [5.74, 6) is -1.77. The number of hydrogen-bond acceptors (Lipinski definition) is 6. The topological polar surface area (TPSA) is 78.9 Å². The van der Waals surface area contributed by atoms with Gasteiger partial charge in [0, 0.05) is 12.8 Å². The summed E-state index contributed by atoms with van der Waals surface area (Å²) in [4.78, 5) is 34.7. The first-order chi connectivity index (χ1) is 9.46. The smallest absolute Gasteiger partial charge is 0.315 e. The fraction of sp³-hybridized carbons (Fsp3) is 0.643. The van der Waals surface area contributed by atoms with E-state index >= 15 is 0 Å². The minimum Gasteiger partial charge on any atom is -0.469 e. The first-order valence-electron chi connectivity index (χ1n) is 6.41. The molecule has 0 radical (unpaired) electrons. The SMILES string of the molecule is COC(=O)C[C@H]1C=CCC[C@@]1(COC(C)=O)C(=O)OC. The monoisotopic (exact) mass is 284 g/mol. The zero-order valence-electron chi connectivity index (χ0n) is 12.0. The molecule has 0 amide bonds. The fourth-order valence-corrected chi connectivity index (χ4v) is 2.42. The Kier molecular flexibility index (Phi) is 5.73. The molecule has 0 aromatic rings. The molecule has 2 atom stereocenters. The average molecular weight is 284 g/mol. The number of rotatable bonds is 5. The quantitative estimate of drug-likeness (QED) is 0.429. The number of hydrogen-bond donors (Lipinski definition) is 0. The Morgan fingerprint density at radius 2 is 1.95 bits per heavy atom.